The summed E-state index contributed by atoms with van der Waals surface area (Å²) < 4.78 is 14.4. The summed E-state index contributed by atoms with van der Waals surface area (Å²) in [5.41, 5.74) is 1.58. The van der Waals surface area contributed by atoms with Crippen LogP contribution in [0.2, 0.25) is 0 Å². The molecule has 2 nitrogen and oxygen atoms in total. The smallest absolute Gasteiger partial charge is 0.129 e. The molecule has 0 amide bonds. The Balaban J connectivity index is 2.39. The van der Waals surface area contributed by atoms with E-state index in [0.717, 1.165) is 10.0 Å². The molecule has 1 atom stereocenters. The summed E-state index contributed by atoms with van der Waals surface area (Å²) in [5, 5.41) is 10.1. The highest BCUT2D eigenvalue weighted by Crippen LogP contribution is 2.24. The third-order valence-corrected chi connectivity index (χ3v) is 2.95. The third kappa shape index (κ3) is 2.70. The van der Waals surface area contributed by atoms with Gasteiger partial charge in [-0.15, -0.1) is 0 Å². The molecule has 88 valence electrons. The van der Waals surface area contributed by atoms with Crippen LogP contribution in [0, 0.1) is 12.7 Å². The number of aromatic nitrogens is 1. The number of hydrogen-bond donors (Lipinski definition) is 1. The number of hydrogen-bond acceptors (Lipinski definition) is 2. The fourth-order valence-corrected chi connectivity index (χ4v) is 1.82. The predicted octanol–water partition coefficient (Wildman–Crippen LogP) is 3.37. The van der Waals surface area contributed by atoms with Crippen molar-refractivity contribution in [3.63, 3.8) is 0 Å². The van der Waals surface area contributed by atoms with E-state index in [9.17, 15) is 9.50 Å². The van der Waals surface area contributed by atoms with Crippen LogP contribution in [0.3, 0.4) is 0 Å². The van der Waals surface area contributed by atoms with Crippen molar-refractivity contribution in [2.75, 3.05) is 0 Å². The average molecular weight is 296 g/mol. The van der Waals surface area contributed by atoms with Crippen LogP contribution < -0.4 is 0 Å². The van der Waals surface area contributed by atoms with Gasteiger partial charge in [-0.2, -0.15) is 0 Å². The van der Waals surface area contributed by atoms with Crippen molar-refractivity contribution in [2.24, 2.45) is 0 Å². The topological polar surface area (TPSA) is 33.1 Å². The molecule has 0 saturated heterocycles. The van der Waals surface area contributed by atoms with Crippen molar-refractivity contribution in [1.29, 1.82) is 0 Å². The molecule has 1 unspecified atom stereocenters. The Morgan fingerprint density at radius 2 is 2.06 bits per heavy atom. The van der Waals surface area contributed by atoms with Crippen LogP contribution in [0.1, 0.15) is 22.9 Å². The molecule has 0 aliphatic carbocycles. The van der Waals surface area contributed by atoms with E-state index in [1.54, 1.807) is 30.5 Å². The van der Waals surface area contributed by atoms with Crippen molar-refractivity contribution in [3.8, 4) is 0 Å². The van der Waals surface area contributed by atoms with E-state index in [1.165, 1.54) is 6.07 Å². The quantitative estimate of drug-likeness (QED) is 0.921. The van der Waals surface area contributed by atoms with Crippen LogP contribution in [-0.4, -0.2) is 10.1 Å². The Bertz CT molecular complexity index is 527. The van der Waals surface area contributed by atoms with E-state index in [-0.39, 0.29) is 5.56 Å². The lowest BCUT2D eigenvalue weighted by molar-refractivity contribution is 0.210. The van der Waals surface area contributed by atoms with Crippen molar-refractivity contribution in [1.82, 2.24) is 4.98 Å². The van der Waals surface area contributed by atoms with Gasteiger partial charge >= 0.3 is 0 Å². The van der Waals surface area contributed by atoms with E-state index >= 15 is 0 Å². The van der Waals surface area contributed by atoms with Crippen LogP contribution in [-0.2, 0) is 0 Å². The van der Waals surface area contributed by atoms with Gasteiger partial charge in [-0.1, -0.05) is 17.7 Å². The van der Waals surface area contributed by atoms with Gasteiger partial charge in [0.25, 0.3) is 0 Å². The third-order valence-electron chi connectivity index (χ3n) is 2.48. The van der Waals surface area contributed by atoms with Gasteiger partial charge < -0.3 is 5.11 Å². The van der Waals surface area contributed by atoms with Gasteiger partial charge in [0.1, 0.15) is 11.9 Å². The van der Waals surface area contributed by atoms with Crippen molar-refractivity contribution in [3.05, 3.63) is 63.6 Å². The van der Waals surface area contributed by atoms with Crippen LogP contribution in [0.15, 0.2) is 41.0 Å². The number of nitrogens with zero attached hydrogens (tertiary/aromatic N) is 1. The summed E-state index contributed by atoms with van der Waals surface area (Å²) in [7, 11) is 0. The summed E-state index contributed by atoms with van der Waals surface area (Å²) in [4.78, 5) is 4.06. The largest absolute Gasteiger partial charge is 0.382 e. The number of aliphatic hydroxyl groups excluding tert-OH is 1. The molecule has 1 N–H and O–H groups in total. The molecule has 2 rings (SSSR count). The second-order valence-electron chi connectivity index (χ2n) is 3.83. The zero-order valence-electron chi connectivity index (χ0n) is 9.19. The Morgan fingerprint density at radius 1 is 1.29 bits per heavy atom. The SMILES string of the molecule is Cc1ccc(F)c(C(O)c2ccc(Br)cn2)c1. The number of rotatable bonds is 2. The molecule has 0 aliphatic heterocycles. The number of aryl methyl sites for hydroxylation is 1. The van der Waals surface area contributed by atoms with Gasteiger partial charge in [-0.3, -0.25) is 4.98 Å². The highest BCUT2D eigenvalue weighted by molar-refractivity contribution is 9.10. The molecule has 1 aromatic carbocycles. The lowest BCUT2D eigenvalue weighted by atomic mass is 10.0. The molecule has 2 aromatic rings. The summed E-state index contributed by atoms with van der Waals surface area (Å²) >= 11 is 3.26. The minimum absolute atomic E-state index is 0.250. The van der Waals surface area contributed by atoms with Gasteiger partial charge in [-0.05, 0) is 41.1 Å². The summed E-state index contributed by atoms with van der Waals surface area (Å²) in [6.45, 7) is 1.85. The molecule has 0 radical (unpaired) electrons. The highest BCUT2D eigenvalue weighted by Gasteiger charge is 2.16. The average Bonchev–Trinajstić information content (AvgIpc) is 2.32. The molecule has 0 saturated carbocycles. The van der Waals surface area contributed by atoms with Crippen LogP contribution >= 0.6 is 15.9 Å². The molecular formula is C13H11BrFNO. The molecule has 0 fully saturated rings. The summed E-state index contributed by atoms with van der Waals surface area (Å²) in [6, 6.07) is 8.08. The van der Waals surface area contributed by atoms with Gasteiger partial charge in [-0.25, -0.2) is 4.39 Å². The normalized spacial score (nSPS) is 12.5. The first-order valence-electron chi connectivity index (χ1n) is 5.13. The molecular weight excluding hydrogens is 285 g/mol. The van der Waals surface area contributed by atoms with Crippen LogP contribution in [0.25, 0.3) is 0 Å². The standard InChI is InChI=1S/C13H11BrFNO/c1-8-2-4-11(15)10(6-8)13(17)12-5-3-9(14)7-16-12/h2-7,13,17H,1H3. The van der Waals surface area contributed by atoms with Crippen LogP contribution in [0.4, 0.5) is 4.39 Å². The Kier molecular flexibility index (Phi) is 3.54. The maximum atomic E-state index is 13.6. The van der Waals surface area contributed by atoms with Gasteiger partial charge in [0, 0.05) is 16.2 Å². The fraction of sp³-hybridized carbons (Fsp3) is 0.154. The second-order valence-corrected chi connectivity index (χ2v) is 4.74. The lowest BCUT2D eigenvalue weighted by Gasteiger charge is -2.12. The molecule has 1 aromatic heterocycles. The van der Waals surface area contributed by atoms with Crippen LogP contribution in [0.5, 0.6) is 0 Å². The minimum atomic E-state index is -1.04. The molecule has 1 heterocycles. The number of halogens is 2. The first-order chi connectivity index (χ1) is 8.08. The second kappa shape index (κ2) is 4.94. The highest BCUT2D eigenvalue weighted by atomic mass is 79.9. The van der Waals surface area contributed by atoms with Crippen molar-refractivity contribution < 1.29 is 9.50 Å². The number of pyridine rings is 1. The lowest BCUT2D eigenvalue weighted by Crippen LogP contribution is -2.05. The van der Waals surface area contributed by atoms with E-state index in [2.05, 4.69) is 20.9 Å². The number of benzene rings is 1. The maximum Gasteiger partial charge on any atom is 0.129 e. The summed E-state index contributed by atoms with van der Waals surface area (Å²) in [5.74, 6) is -0.423. The molecule has 4 heteroatoms. The van der Waals surface area contributed by atoms with Crippen molar-refractivity contribution in [2.45, 2.75) is 13.0 Å². The molecule has 17 heavy (non-hydrogen) atoms. The van der Waals surface area contributed by atoms with Gasteiger partial charge in [0.15, 0.2) is 0 Å². The Labute approximate surface area is 107 Å². The van der Waals surface area contributed by atoms with E-state index in [0.29, 0.717) is 5.69 Å². The fourth-order valence-electron chi connectivity index (χ4n) is 1.58. The zero-order chi connectivity index (χ0) is 12.4. The van der Waals surface area contributed by atoms with Gasteiger partial charge in [0.2, 0.25) is 0 Å². The number of aliphatic hydroxyl groups is 1. The molecule has 0 bridgehead atoms. The van der Waals surface area contributed by atoms with Crippen molar-refractivity contribution >= 4 is 15.9 Å². The van der Waals surface area contributed by atoms with E-state index < -0.39 is 11.9 Å². The van der Waals surface area contributed by atoms with Gasteiger partial charge in [0.05, 0.1) is 5.69 Å². The Morgan fingerprint density at radius 3 is 2.71 bits per heavy atom. The monoisotopic (exact) mass is 295 g/mol. The molecule has 0 aliphatic rings. The predicted molar refractivity (Wildman–Crippen MR) is 67.1 cm³/mol. The first-order valence-corrected chi connectivity index (χ1v) is 5.93. The summed E-state index contributed by atoms with van der Waals surface area (Å²) in [6.07, 6.45) is 0.537. The zero-order valence-corrected chi connectivity index (χ0v) is 10.8. The minimum Gasteiger partial charge on any atom is -0.382 e. The Hall–Kier alpha value is -1.26. The van der Waals surface area contributed by atoms with E-state index in [4.69, 9.17) is 0 Å². The molecule has 0 spiro atoms. The maximum absolute atomic E-state index is 13.6. The van der Waals surface area contributed by atoms with E-state index in [1.807, 2.05) is 6.92 Å². The first kappa shape index (κ1) is 12.2.